The van der Waals surface area contributed by atoms with E-state index in [2.05, 4.69) is 25.6 Å². The van der Waals surface area contributed by atoms with Gasteiger partial charge in [0.15, 0.2) is 0 Å². The minimum atomic E-state index is -3.91. The van der Waals surface area contributed by atoms with Gasteiger partial charge in [-0.05, 0) is 24.3 Å². The molecule has 112 valence electrons. The molecule has 9 heteroatoms. The van der Waals surface area contributed by atoms with Gasteiger partial charge in [-0.25, -0.2) is 17.5 Å². The summed E-state index contributed by atoms with van der Waals surface area (Å²) in [6.07, 6.45) is 1.02. The molecule has 2 rings (SSSR count). The Hall–Kier alpha value is -1.22. The zero-order chi connectivity index (χ0) is 15.6. The number of hydrogen-bond acceptors (Lipinski definition) is 3. The van der Waals surface area contributed by atoms with E-state index in [0.717, 1.165) is 12.3 Å². The molecule has 1 aromatic heterocycles. The van der Waals surface area contributed by atoms with Gasteiger partial charge in [0.25, 0.3) is 5.56 Å². The predicted molar refractivity (Wildman–Crippen MR) is 80.2 cm³/mol. The molecule has 0 bridgehead atoms. The summed E-state index contributed by atoms with van der Waals surface area (Å²) < 4.78 is 40.5. The molecular weight excluding hydrogens is 387 g/mol. The molecule has 0 saturated heterocycles. The summed E-state index contributed by atoms with van der Waals surface area (Å²) in [5.41, 5.74) is -0.405. The van der Waals surface area contributed by atoms with Crippen LogP contribution in [0.2, 0.25) is 5.02 Å². The molecule has 21 heavy (non-hydrogen) atoms. The lowest BCUT2D eigenvalue weighted by molar-refractivity contribution is 0.574. The van der Waals surface area contributed by atoms with Crippen molar-refractivity contribution in [3.63, 3.8) is 0 Å². The van der Waals surface area contributed by atoms with Crippen molar-refractivity contribution in [3.8, 4) is 0 Å². The van der Waals surface area contributed by atoms with Gasteiger partial charge < -0.3 is 4.98 Å². The Kier molecular flexibility index (Phi) is 4.82. The number of aromatic amines is 1. The molecule has 5 nitrogen and oxygen atoms in total. The number of rotatable bonds is 4. The Bertz CT molecular complexity index is 839. The van der Waals surface area contributed by atoms with Crippen molar-refractivity contribution >= 4 is 37.6 Å². The third kappa shape index (κ3) is 3.91. The fourth-order valence-corrected chi connectivity index (χ4v) is 3.17. The van der Waals surface area contributed by atoms with Crippen molar-refractivity contribution < 1.29 is 12.8 Å². The number of aromatic nitrogens is 1. The maximum atomic E-state index is 13.5. The number of sulfonamides is 1. The summed E-state index contributed by atoms with van der Waals surface area (Å²) in [6.45, 7) is -0.232. The normalized spacial score (nSPS) is 11.6. The molecule has 2 aromatic rings. The third-order valence-corrected chi connectivity index (χ3v) is 4.76. The van der Waals surface area contributed by atoms with Gasteiger partial charge in [0.1, 0.15) is 10.8 Å². The van der Waals surface area contributed by atoms with E-state index in [1.165, 1.54) is 18.2 Å². The molecule has 1 heterocycles. The van der Waals surface area contributed by atoms with Gasteiger partial charge in [-0.3, -0.25) is 4.79 Å². The van der Waals surface area contributed by atoms with E-state index in [0.29, 0.717) is 4.47 Å². The van der Waals surface area contributed by atoms with E-state index in [4.69, 9.17) is 11.6 Å². The van der Waals surface area contributed by atoms with E-state index in [1.807, 2.05) is 0 Å². The Morgan fingerprint density at radius 3 is 2.71 bits per heavy atom. The average Bonchev–Trinajstić information content (AvgIpc) is 2.43. The van der Waals surface area contributed by atoms with Crippen LogP contribution in [0.25, 0.3) is 0 Å². The predicted octanol–water partition coefficient (Wildman–Crippen LogP) is 2.41. The summed E-state index contributed by atoms with van der Waals surface area (Å²) in [5.74, 6) is -0.527. The molecule has 2 N–H and O–H groups in total. The lowest BCUT2D eigenvalue weighted by Gasteiger charge is -2.08. The molecule has 0 aliphatic rings. The first-order valence-corrected chi connectivity index (χ1v) is 8.27. The van der Waals surface area contributed by atoms with Gasteiger partial charge in [-0.2, -0.15) is 0 Å². The van der Waals surface area contributed by atoms with E-state index in [1.54, 1.807) is 0 Å². The smallest absolute Gasteiger partial charge is 0.266 e. The Labute approximate surface area is 133 Å². The fourth-order valence-electron chi connectivity index (χ4n) is 1.53. The number of halogens is 3. The molecule has 0 fully saturated rings. The molecule has 0 saturated carbocycles. The highest BCUT2D eigenvalue weighted by Crippen LogP contribution is 2.16. The number of benzene rings is 1. The van der Waals surface area contributed by atoms with Gasteiger partial charge in [-0.1, -0.05) is 27.5 Å². The number of H-pyrrole nitrogens is 1. The Morgan fingerprint density at radius 1 is 1.33 bits per heavy atom. The van der Waals surface area contributed by atoms with Gasteiger partial charge in [0, 0.05) is 22.8 Å². The van der Waals surface area contributed by atoms with Crippen molar-refractivity contribution in [1.82, 2.24) is 9.71 Å². The molecule has 0 amide bonds. The van der Waals surface area contributed by atoms with Gasteiger partial charge in [0.05, 0.1) is 4.90 Å². The third-order valence-electron chi connectivity index (χ3n) is 2.60. The van der Waals surface area contributed by atoms with E-state index in [-0.39, 0.29) is 22.0 Å². The number of hydrogen-bond donors (Lipinski definition) is 2. The summed E-state index contributed by atoms with van der Waals surface area (Å²) in [6, 6.07) is 5.23. The van der Waals surface area contributed by atoms with Crippen LogP contribution in [0.3, 0.4) is 0 Å². The first-order valence-electron chi connectivity index (χ1n) is 5.61. The van der Waals surface area contributed by atoms with Crippen LogP contribution >= 0.6 is 27.5 Å². The van der Waals surface area contributed by atoms with Crippen LogP contribution in [-0.4, -0.2) is 13.4 Å². The largest absolute Gasteiger partial charge is 0.326 e. The summed E-state index contributed by atoms with van der Waals surface area (Å²) >= 11 is 8.76. The van der Waals surface area contributed by atoms with Crippen molar-refractivity contribution in [2.45, 2.75) is 11.4 Å². The van der Waals surface area contributed by atoms with Crippen molar-refractivity contribution in [2.24, 2.45) is 0 Å². The van der Waals surface area contributed by atoms with Gasteiger partial charge in [-0.15, -0.1) is 0 Å². The first-order chi connectivity index (χ1) is 9.79. The second kappa shape index (κ2) is 6.27. The van der Waals surface area contributed by atoms with Gasteiger partial charge >= 0.3 is 0 Å². The van der Waals surface area contributed by atoms with Crippen molar-refractivity contribution in [3.05, 3.63) is 61.7 Å². The lowest BCUT2D eigenvalue weighted by Crippen LogP contribution is -2.24. The summed E-state index contributed by atoms with van der Waals surface area (Å²) in [7, 11) is -3.91. The van der Waals surface area contributed by atoms with Crippen molar-refractivity contribution in [1.29, 1.82) is 0 Å². The minimum Gasteiger partial charge on any atom is -0.326 e. The van der Waals surface area contributed by atoms with Crippen LogP contribution in [0.1, 0.15) is 5.56 Å². The van der Waals surface area contributed by atoms with Crippen LogP contribution < -0.4 is 10.3 Å². The average molecular weight is 396 g/mol. The highest BCUT2D eigenvalue weighted by atomic mass is 79.9. The monoisotopic (exact) mass is 394 g/mol. The van der Waals surface area contributed by atoms with Gasteiger partial charge in [0.2, 0.25) is 10.0 Å². The summed E-state index contributed by atoms with van der Waals surface area (Å²) in [5, 5.41) is -0.244. The molecule has 0 aliphatic heterocycles. The van der Waals surface area contributed by atoms with Crippen LogP contribution in [0, 0.1) is 5.82 Å². The first kappa shape index (κ1) is 16.2. The molecular formula is C12H9BrClFN2O3S. The second-order valence-electron chi connectivity index (χ2n) is 4.07. The molecule has 0 unspecified atom stereocenters. The maximum Gasteiger partial charge on any atom is 0.266 e. The molecule has 0 aliphatic carbocycles. The van der Waals surface area contributed by atoms with Crippen LogP contribution in [0.5, 0.6) is 0 Å². The molecule has 0 radical (unpaired) electrons. The Morgan fingerprint density at radius 2 is 2.05 bits per heavy atom. The minimum absolute atomic E-state index is 0.184. The molecule has 0 atom stereocenters. The van der Waals surface area contributed by atoms with Crippen LogP contribution in [0.15, 0.2) is 44.6 Å². The summed E-state index contributed by atoms with van der Waals surface area (Å²) in [4.78, 5) is 13.1. The van der Waals surface area contributed by atoms with E-state index < -0.39 is 21.4 Å². The standard InChI is InChI=1S/C12H9BrClFN2O3S/c13-8-1-2-11(15)7(3-8)5-17-21(19,20)9-4-10(14)12(18)16-6-9/h1-4,6,17H,5H2,(H,16,18). The highest BCUT2D eigenvalue weighted by Gasteiger charge is 2.16. The zero-order valence-electron chi connectivity index (χ0n) is 10.4. The number of nitrogens with one attached hydrogen (secondary N) is 2. The van der Waals surface area contributed by atoms with Crippen LogP contribution in [0.4, 0.5) is 4.39 Å². The maximum absolute atomic E-state index is 13.5. The van der Waals surface area contributed by atoms with Crippen molar-refractivity contribution in [2.75, 3.05) is 0 Å². The molecule has 0 spiro atoms. The quantitative estimate of drug-likeness (QED) is 0.834. The highest BCUT2D eigenvalue weighted by molar-refractivity contribution is 9.10. The lowest BCUT2D eigenvalue weighted by atomic mass is 10.2. The Balaban J connectivity index is 2.23. The molecule has 1 aromatic carbocycles. The zero-order valence-corrected chi connectivity index (χ0v) is 13.5. The fraction of sp³-hybridized carbons (Fsp3) is 0.0833. The van der Waals surface area contributed by atoms with E-state index in [9.17, 15) is 17.6 Å². The number of pyridine rings is 1. The topological polar surface area (TPSA) is 79.0 Å². The van der Waals surface area contributed by atoms with E-state index >= 15 is 0 Å². The van der Waals surface area contributed by atoms with Crippen LogP contribution in [-0.2, 0) is 16.6 Å². The second-order valence-corrected chi connectivity index (χ2v) is 7.16. The SMILES string of the molecule is O=c1[nH]cc(S(=O)(=O)NCc2cc(Br)ccc2F)cc1Cl.